The fraction of sp³-hybridized carbons (Fsp3) is 0.208. The topological polar surface area (TPSA) is 75.7 Å². The molecular formula is C24H23ClN2O4S. The van der Waals surface area contributed by atoms with Gasteiger partial charge in [-0.1, -0.05) is 23.7 Å². The molecule has 0 saturated carbocycles. The summed E-state index contributed by atoms with van der Waals surface area (Å²) in [6, 6.07) is 18.8. The van der Waals surface area contributed by atoms with Gasteiger partial charge in [0.25, 0.3) is 5.91 Å². The van der Waals surface area contributed by atoms with Crippen LogP contribution in [0.4, 0.5) is 5.69 Å². The maximum Gasteiger partial charge on any atom is 0.258 e. The highest BCUT2D eigenvalue weighted by atomic mass is 35.5. The van der Waals surface area contributed by atoms with Gasteiger partial charge in [0.1, 0.15) is 5.75 Å². The minimum Gasteiger partial charge on any atom is -0.494 e. The summed E-state index contributed by atoms with van der Waals surface area (Å²) in [5.74, 6) is 0.548. The largest absolute Gasteiger partial charge is 0.494 e. The molecule has 6 nitrogen and oxygen atoms in total. The maximum absolute atomic E-state index is 12.9. The van der Waals surface area contributed by atoms with E-state index in [9.17, 15) is 13.2 Å². The van der Waals surface area contributed by atoms with Crippen LogP contribution in [0.5, 0.6) is 5.75 Å². The first-order valence-corrected chi connectivity index (χ1v) is 12.2. The zero-order valence-corrected chi connectivity index (χ0v) is 19.1. The van der Waals surface area contributed by atoms with Gasteiger partial charge >= 0.3 is 0 Å². The molecule has 8 heteroatoms. The first kappa shape index (κ1) is 22.3. The predicted molar refractivity (Wildman–Crippen MR) is 125 cm³/mol. The van der Waals surface area contributed by atoms with Gasteiger partial charge in [0.15, 0.2) is 0 Å². The number of carbonyl (C=O) groups is 1. The molecule has 1 amide bonds. The third kappa shape index (κ3) is 4.80. The summed E-state index contributed by atoms with van der Waals surface area (Å²) >= 11 is 5.92. The monoisotopic (exact) mass is 470 g/mol. The van der Waals surface area contributed by atoms with Crippen molar-refractivity contribution in [1.29, 1.82) is 0 Å². The first-order valence-electron chi connectivity index (χ1n) is 10.3. The number of hydrogen-bond donors (Lipinski definition) is 1. The average Bonchev–Trinajstić information content (AvgIpc) is 3.22. The quantitative estimate of drug-likeness (QED) is 0.554. The summed E-state index contributed by atoms with van der Waals surface area (Å²) in [4.78, 5) is 14.8. The Kier molecular flexibility index (Phi) is 6.50. The molecule has 166 valence electrons. The number of anilines is 1. The van der Waals surface area contributed by atoms with Gasteiger partial charge in [0.2, 0.25) is 10.0 Å². The van der Waals surface area contributed by atoms with Crippen LogP contribution in [0.15, 0.2) is 71.6 Å². The van der Waals surface area contributed by atoms with E-state index in [0.29, 0.717) is 35.9 Å². The number of carbonyl (C=O) groups excluding carboxylic acids is 1. The molecule has 1 heterocycles. The Balaban J connectivity index is 1.44. The molecule has 4 rings (SSSR count). The van der Waals surface area contributed by atoms with Gasteiger partial charge in [-0.3, -0.25) is 4.79 Å². The first-order chi connectivity index (χ1) is 15.4. The van der Waals surface area contributed by atoms with Crippen LogP contribution in [0, 0.1) is 0 Å². The van der Waals surface area contributed by atoms with Crippen LogP contribution in [-0.4, -0.2) is 27.5 Å². The van der Waals surface area contributed by atoms with Crippen molar-refractivity contribution in [3.8, 4) is 5.75 Å². The zero-order valence-electron chi connectivity index (χ0n) is 17.5. The van der Waals surface area contributed by atoms with Crippen molar-refractivity contribution in [2.45, 2.75) is 24.8 Å². The molecule has 1 aliphatic rings. The van der Waals surface area contributed by atoms with Gasteiger partial charge in [-0.05, 0) is 79.1 Å². The number of benzene rings is 3. The molecule has 0 fully saturated rings. The van der Waals surface area contributed by atoms with Crippen molar-refractivity contribution in [2.75, 3.05) is 18.1 Å². The van der Waals surface area contributed by atoms with Crippen LogP contribution in [0.25, 0.3) is 0 Å². The lowest BCUT2D eigenvalue weighted by Gasteiger charge is -2.18. The number of amides is 1. The smallest absolute Gasteiger partial charge is 0.258 e. The number of ether oxygens (including phenoxy) is 1. The molecular weight excluding hydrogens is 448 g/mol. The van der Waals surface area contributed by atoms with E-state index in [1.54, 1.807) is 41.3 Å². The van der Waals surface area contributed by atoms with E-state index in [1.807, 2.05) is 25.1 Å². The molecule has 0 aliphatic carbocycles. The highest BCUT2D eigenvalue weighted by molar-refractivity contribution is 7.89. The summed E-state index contributed by atoms with van der Waals surface area (Å²) in [5.41, 5.74) is 3.28. The molecule has 0 spiro atoms. The molecule has 3 aromatic rings. The van der Waals surface area contributed by atoms with Crippen LogP contribution >= 0.6 is 11.6 Å². The van der Waals surface area contributed by atoms with E-state index in [-0.39, 0.29) is 17.3 Å². The second kappa shape index (κ2) is 9.32. The van der Waals surface area contributed by atoms with Crippen molar-refractivity contribution in [1.82, 2.24) is 4.72 Å². The van der Waals surface area contributed by atoms with Crippen LogP contribution in [0.3, 0.4) is 0 Å². The molecule has 0 unspecified atom stereocenters. The fourth-order valence-electron chi connectivity index (χ4n) is 3.67. The van der Waals surface area contributed by atoms with Crippen molar-refractivity contribution >= 4 is 33.2 Å². The summed E-state index contributed by atoms with van der Waals surface area (Å²) in [6.45, 7) is 3.13. The number of hydrogen-bond acceptors (Lipinski definition) is 4. The SMILES string of the molecule is CCOc1ccc(S(=O)(=O)NCc2ccc3c(c2)CCN3C(=O)c2ccc(Cl)cc2)cc1. The van der Waals surface area contributed by atoms with Crippen molar-refractivity contribution in [3.05, 3.63) is 88.4 Å². The lowest BCUT2D eigenvalue weighted by Crippen LogP contribution is -2.28. The van der Waals surface area contributed by atoms with Crippen molar-refractivity contribution < 1.29 is 17.9 Å². The van der Waals surface area contributed by atoms with Crippen LogP contribution in [0.1, 0.15) is 28.4 Å². The number of rotatable bonds is 7. The van der Waals surface area contributed by atoms with Gasteiger partial charge < -0.3 is 9.64 Å². The van der Waals surface area contributed by atoms with Crippen LogP contribution in [0.2, 0.25) is 5.02 Å². The number of nitrogens with one attached hydrogen (secondary N) is 1. The average molecular weight is 471 g/mol. The van der Waals surface area contributed by atoms with Gasteiger partial charge in [-0.15, -0.1) is 0 Å². The minimum absolute atomic E-state index is 0.0793. The Bertz CT molecular complexity index is 1230. The number of nitrogens with zero attached hydrogens (tertiary/aromatic N) is 1. The van der Waals surface area contributed by atoms with Gasteiger partial charge in [0.05, 0.1) is 11.5 Å². The molecule has 0 radical (unpaired) electrons. The molecule has 3 aromatic carbocycles. The minimum atomic E-state index is -3.65. The molecule has 0 aromatic heterocycles. The summed E-state index contributed by atoms with van der Waals surface area (Å²) in [7, 11) is -3.65. The standard InChI is InChI=1S/C24H23ClN2O4S/c1-2-31-21-8-10-22(11-9-21)32(29,30)26-16-17-3-12-23-19(15-17)13-14-27(23)24(28)18-4-6-20(25)7-5-18/h3-12,15,26H,2,13-14,16H2,1H3. The van der Waals surface area contributed by atoms with E-state index >= 15 is 0 Å². The number of fused-ring (bicyclic) bond motifs is 1. The van der Waals surface area contributed by atoms with E-state index in [2.05, 4.69) is 4.72 Å². The third-order valence-corrected chi connectivity index (χ3v) is 6.96. The lowest BCUT2D eigenvalue weighted by atomic mass is 10.1. The molecule has 0 bridgehead atoms. The Morgan fingerprint density at radius 1 is 1.06 bits per heavy atom. The highest BCUT2D eigenvalue weighted by Crippen LogP contribution is 2.30. The second-order valence-electron chi connectivity index (χ2n) is 7.41. The Labute approximate surface area is 192 Å². The molecule has 0 atom stereocenters. The molecule has 1 aliphatic heterocycles. The van der Waals surface area contributed by atoms with Gasteiger partial charge in [0, 0.05) is 29.4 Å². The summed E-state index contributed by atoms with van der Waals surface area (Å²) in [6.07, 6.45) is 0.716. The van der Waals surface area contributed by atoms with Gasteiger partial charge in [-0.2, -0.15) is 0 Å². The lowest BCUT2D eigenvalue weighted by molar-refractivity contribution is 0.0989. The van der Waals surface area contributed by atoms with Crippen LogP contribution in [-0.2, 0) is 23.0 Å². The van der Waals surface area contributed by atoms with E-state index in [1.165, 1.54) is 12.1 Å². The number of halogens is 1. The molecule has 0 saturated heterocycles. The Morgan fingerprint density at radius 3 is 2.47 bits per heavy atom. The van der Waals surface area contributed by atoms with Crippen LogP contribution < -0.4 is 14.4 Å². The normalized spacial score (nSPS) is 13.1. The zero-order chi connectivity index (χ0) is 22.7. The maximum atomic E-state index is 12.9. The van der Waals surface area contributed by atoms with Gasteiger partial charge in [-0.25, -0.2) is 13.1 Å². The van der Waals surface area contributed by atoms with Crippen molar-refractivity contribution in [2.24, 2.45) is 0 Å². The Morgan fingerprint density at radius 2 is 1.78 bits per heavy atom. The summed E-state index contributed by atoms with van der Waals surface area (Å²) < 4.78 is 33.2. The molecule has 1 N–H and O–H groups in total. The van der Waals surface area contributed by atoms with Crippen molar-refractivity contribution in [3.63, 3.8) is 0 Å². The third-order valence-electron chi connectivity index (χ3n) is 5.29. The summed E-state index contributed by atoms with van der Waals surface area (Å²) in [5, 5.41) is 0.584. The number of sulfonamides is 1. The highest BCUT2D eigenvalue weighted by Gasteiger charge is 2.26. The molecule has 32 heavy (non-hydrogen) atoms. The Hall–Kier alpha value is -2.87. The van der Waals surface area contributed by atoms with E-state index < -0.39 is 10.0 Å². The van der Waals surface area contributed by atoms with E-state index in [0.717, 1.165) is 16.8 Å². The second-order valence-corrected chi connectivity index (χ2v) is 9.61. The van der Waals surface area contributed by atoms with E-state index in [4.69, 9.17) is 16.3 Å². The fourth-order valence-corrected chi connectivity index (χ4v) is 4.81. The predicted octanol–water partition coefficient (Wildman–Crippen LogP) is 4.42.